The molecule has 0 saturated heterocycles. The van der Waals surface area contributed by atoms with Crippen LogP contribution in [0.15, 0.2) is 24.3 Å². The van der Waals surface area contributed by atoms with Crippen LogP contribution >= 0.6 is 0 Å². The third-order valence-electron chi connectivity index (χ3n) is 16.5. The van der Waals surface area contributed by atoms with E-state index < -0.39 is 18.4 Å². The van der Waals surface area contributed by atoms with E-state index in [1.165, 1.54) is 295 Å². The van der Waals surface area contributed by atoms with Crippen molar-refractivity contribution in [1.82, 2.24) is 0 Å². The molecule has 0 amide bonds. The van der Waals surface area contributed by atoms with Gasteiger partial charge in [0.1, 0.15) is 13.2 Å². The van der Waals surface area contributed by atoms with Crippen molar-refractivity contribution in [2.45, 2.75) is 379 Å². The SMILES string of the molecule is CCCCCCC/C=C\C/C=C\CCCCCCCCCCCCCCCCCC(=O)OC(COC(=O)CCCCCCCCCCCCCCCCCCCCCCCCCCCCCCCC)COC(OCC[N+](C)(C)C)C(=O)O. The van der Waals surface area contributed by atoms with Crippen LogP contribution in [0.5, 0.6) is 0 Å². The van der Waals surface area contributed by atoms with Gasteiger partial charge in [0, 0.05) is 12.8 Å². The standard InChI is InChI=1S/C73H139NO8/c1-6-8-10-12-14-16-18-20-22-24-26-28-30-32-34-35-36-38-39-41-43-45-47-49-51-53-55-57-59-61-63-70(75)80-67-69(68-81-73(72(77)78)79-66-65-74(3,4)5)82-71(76)64-62-60-58-56-54-52-50-48-46-44-42-40-37-33-31-29-27-25-23-21-19-17-15-13-11-9-7-2/h19,21,25,27,69,73H,6-18,20,22-24,26,28-68H2,1-5H3/p+1/b21-19-,27-25-. The molecule has 0 aliphatic heterocycles. The van der Waals surface area contributed by atoms with Crippen LogP contribution in [0.4, 0.5) is 0 Å². The lowest BCUT2D eigenvalue weighted by molar-refractivity contribution is -0.870. The number of carbonyl (C=O) groups excluding carboxylic acids is 2. The minimum atomic E-state index is -1.51. The normalized spacial score (nSPS) is 12.7. The molecule has 0 saturated carbocycles. The van der Waals surface area contributed by atoms with Crippen molar-refractivity contribution >= 4 is 17.9 Å². The zero-order valence-electron chi connectivity index (χ0n) is 55.4. The number of hydrogen-bond acceptors (Lipinski definition) is 7. The van der Waals surface area contributed by atoms with Gasteiger partial charge in [-0.2, -0.15) is 0 Å². The number of quaternary nitrogens is 1. The Morgan fingerprint density at radius 3 is 0.963 bits per heavy atom. The first-order chi connectivity index (χ1) is 40.1. The van der Waals surface area contributed by atoms with Gasteiger partial charge in [-0.15, -0.1) is 0 Å². The Hall–Kier alpha value is -2.23. The summed E-state index contributed by atoms with van der Waals surface area (Å²) in [6.07, 6.45) is 77.3. The molecule has 0 aromatic heterocycles. The summed E-state index contributed by atoms with van der Waals surface area (Å²) in [4.78, 5) is 37.6. The van der Waals surface area contributed by atoms with E-state index >= 15 is 0 Å². The number of carboxylic acid groups (broad SMARTS) is 1. The number of ether oxygens (including phenoxy) is 4. The summed E-state index contributed by atoms with van der Waals surface area (Å²) >= 11 is 0. The highest BCUT2D eigenvalue weighted by Crippen LogP contribution is 2.19. The number of carboxylic acids is 1. The van der Waals surface area contributed by atoms with Crippen LogP contribution in [0.25, 0.3) is 0 Å². The molecule has 0 bridgehead atoms. The zero-order chi connectivity index (χ0) is 59.8. The highest BCUT2D eigenvalue weighted by Gasteiger charge is 2.25. The Labute approximate surface area is 509 Å². The Morgan fingerprint density at radius 1 is 0.366 bits per heavy atom. The highest BCUT2D eigenvalue weighted by atomic mass is 16.7. The fourth-order valence-corrected chi connectivity index (χ4v) is 10.9. The van der Waals surface area contributed by atoms with Crippen molar-refractivity contribution in [2.75, 3.05) is 47.5 Å². The van der Waals surface area contributed by atoms with Crippen molar-refractivity contribution in [1.29, 1.82) is 0 Å². The van der Waals surface area contributed by atoms with Crippen molar-refractivity contribution in [2.24, 2.45) is 0 Å². The van der Waals surface area contributed by atoms with E-state index in [0.717, 1.165) is 44.9 Å². The summed E-state index contributed by atoms with van der Waals surface area (Å²) in [6.45, 7) is 4.94. The molecule has 0 aliphatic carbocycles. The van der Waals surface area contributed by atoms with Gasteiger partial charge >= 0.3 is 17.9 Å². The lowest BCUT2D eigenvalue weighted by Crippen LogP contribution is -2.40. The number of allylic oxidation sites excluding steroid dienone is 4. The third kappa shape index (κ3) is 65.3. The second-order valence-corrected chi connectivity index (χ2v) is 25.9. The first-order valence-corrected chi connectivity index (χ1v) is 36.0. The summed E-state index contributed by atoms with van der Waals surface area (Å²) in [5.74, 6) is -1.97. The van der Waals surface area contributed by atoms with Gasteiger partial charge in [-0.05, 0) is 44.9 Å². The third-order valence-corrected chi connectivity index (χ3v) is 16.5. The van der Waals surface area contributed by atoms with Crippen LogP contribution in [0.3, 0.4) is 0 Å². The topological polar surface area (TPSA) is 108 Å². The maximum absolute atomic E-state index is 12.9. The maximum atomic E-state index is 12.9. The fourth-order valence-electron chi connectivity index (χ4n) is 10.9. The van der Waals surface area contributed by atoms with E-state index in [2.05, 4.69) is 38.2 Å². The molecule has 2 unspecified atom stereocenters. The molecule has 2 atom stereocenters. The number of hydrogen-bond donors (Lipinski definition) is 1. The minimum Gasteiger partial charge on any atom is -0.477 e. The van der Waals surface area contributed by atoms with Gasteiger partial charge in [-0.1, -0.05) is 334 Å². The van der Waals surface area contributed by atoms with Crippen LogP contribution in [-0.4, -0.2) is 87.4 Å². The summed E-state index contributed by atoms with van der Waals surface area (Å²) in [6, 6.07) is 0. The number of esters is 2. The van der Waals surface area contributed by atoms with Crippen LogP contribution in [-0.2, 0) is 33.3 Å². The Morgan fingerprint density at radius 2 is 0.659 bits per heavy atom. The number of likely N-dealkylation sites (N-methyl/N-ethyl adjacent to an activating group) is 1. The highest BCUT2D eigenvalue weighted by molar-refractivity contribution is 5.71. The van der Waals surface area contributed by atoms with Crippen LogP contribution in [0.2, 0.25) is 0 Å². The van der Waals surface area contributed by atoms with Gasteiger partial charge in [-0.25, -0.2) is 4.79 Å². The number of aliphatic carboxylic acids is 1. The molecule has 0 fully saturated rings. The number of nitrogens with zero attached hydrogens (tertiary/aromatic N) is 1. The monoisotopic (exact) mass is 1160 g/mol. The van der Waals surface area contributed by atoms with Crippen molar-refractivity contribution in [3.05, 3.63) is 24.3 Å². The molecule has 0 rings (SSSR count). The molecule has 82 heavy (non-hydrogen) atoms. The van der Waals surface area contributed by atoms with Gasteiger partial charge in [0.25, 0.3) is 6.29 Å². The predicted molar refractivity (Wildman–Crippen MR) is 351 cm³/mol. The molecule has 0 aliphatic rings. The Bertz CT molecular complexity index is 1390. The first kappa shape index (κ1) is 79.8. The Balaban J connectivity index is 4.04. The lowest BCUT2D eigenvalue weighted by atomic mass is 10.0. The number of carbonyl (C=O) groups is 3. The molecular weight excluding hydrogens is 1020 g/mol. The first-order valence-electron chi connectivity index (χ1n) is 36.0. The average molecular weight is 1160 g/mol. The Kier molecular flexibility index (Phi) is 63.0. The van der Waals surface area contributed by atoms with Crippen molar-refractivity contribution < 1.29 is 42.9 Å². The van der Waals surface area contributed by atoms with Gasteiger partial charge in [0.2, 0.25) is 0 Å². The fraction of sp³-hybridized carbons (Fsp3) is 0.904. The molecule has 0 spiro atoms. The lowest BCUT2D eigenvalue weighted by Gasteiger charge is -2.25. The second-order valence-electron chi connectivity index (χ2n) is 25.9. The molecule has 1 N–H and O–H groups in total. The molecular formula is C73H140NO8+. The van der Waals surface area contributed by atoms with Gasteiger partial charge in [0.15, 0.2) is 6.10 Å². The summed E-state index contributed by atoms with van der Waals surface area (Å²) in [7, 11) is 5.99. The van der Waals surface area contributed by atoms with E-state index in [1.807, 2.05) is 21.1 Å². The molecule has 9 heteroatoms. The molecule has 0 radical (unpaired) electrons. The van der Waals surface area contributed by atoms with E-state index in [4.69, 9.17) is 18.9 Å². The van der Waals surface area contributed by atoms with E-state index in [1.54, 1.807) is 0 Å². The number of rotatable bonds is 68. The largest absolute Gasteiger partial charge is 0.477 e. The zero-order valence-corrected chi connectivity index (χ0v) is 55.4. The number of unbranched alkanes of at least 4 members (excludes halogenated alkanes) is 49. The van der Waals surface area contributed by atoms with Gasteiger partial charge < -0.3 is 28.5 Å². The van der Waals surface area contributed by atoms with Gasteiger partial charge in [-0.3, -0.25) is 9.59 Å². The molecule has 484 valence electrons. The minimum absolute atomic E-state index is 0.175. The molecule has 0 heterocycles. The van der Waals surface area contributed by atoms with E-state index in [9.17, 15) is 19.5 Å². The van der Waals surface area contributed by atoms with Crippen LogP contribution < -0.4 is 0 Å². The van der Waals surface area contributed by atoms with E-state index in [-0.39, 0.29) is 38.2 Å². The predicted octanol–water partition coefficient (Wildman–Crippen LogP) is 22.2. The molecule has 0 aromatic carbocycles. The van der Waals surface area contributed by atoms with E-state index in [0.29, 0.717) is 17.4 Å². The van der Waals surface area contributed by atoms with Crippen molar-refractivity contribution in [3.63, 3.8) is 0 Å². The maximum Gasteiger partial charge on any atom is 0.361 e. The summed E-state index contributed by atoms with van der Waals surface area (Å²) in [5, 5.41) is 9.75. The second kappa shape index (κ2) is 64.8. The van der Waals surface area contributed by atoms with Gasteiger partial charge in [0.05, 0.1) is 34.4 Å². The summed E-state index contributed by atoms with van der Waals surface area (Å²) in [5.41, 5.74) is 0. The smallest absolute Gasteiger partial charge is 0.361 e. The van der Waals surface area contributed by atoms with Crippen LogP contribution in [0.1, 0.15) is 367 Å². The average Bonchev–Trinajstić information content (AvgIpc) is 3.45. The molecule has 9 nitrogen and oxygen atoms in total. The van der Waals surface area contributed by atoms with Crippen molar-refractivity contribution in [3.8, 4) is 0 Å². The molecule has 0 aromatic rings. The quantitative estimate of drug-likeness (QED) is 0.0211. The summed E-state index contributed by atoms with van der Waals surface area (Å²) < 4.78 is 23.0. The van der Waals surface area contributed by atoms with Crippen LogP contribution in [0, 0.1) is 0 Å².